The molecule has 0 aromatic rings. The van der Waals surface area contributed by atoms with E-state index in [1.807, 2.05) is 23.6 Å². The average molecular weight is 275 g/mol. The molecule has 5 nitrogen and oxygen atoms in total. The molecule has 1 amide bonds. The van der Waals surface area contributed by atoms with Crippen LogP contribution < -0.4 is 5.73 Å². The number of carbonyl (C=O) groups is 1. The molecule has 0 fully saturated rings. The van der Waals surface area contributed by atoms with E-state index >= 15 is 0 Å². The lowest BCUT2D eigenvalue weighted by atomic mass is 10.3. The van der Waals surface area contributed by atoms with E-state index in [1.54, 1.807) is 7.11 Å². The minimum atomic E-state index is 0.138. The molecule has 0 saturated carbocycles. The number of ether oxygens (including phenoxy) is 1. The number of nitrogens with zero attached hydrogens (tertiary/aromatic N) is 2. The molecule has 0 heterocycles. The number of likely N-dealkylation sites (N-methyl/N-ethyl adjacent to an activating group) is 1. The van der Waals surface area contributed by atoms with E-state index in [1.165, 1.54) is 0 Å². The Kier molecular flexibility index (Phi) is 9.82. The van der Waals surface area contributed by atoms with Crippen molar-refractivity contribution in [2.24, 2.45) is 5.73 Å². The van der Waals surface area contributed by atoms with Gasteiger partial charge in [-0.2, -0.15) is 0 Å². The van der Waals surface area contributed by atoms with E-state index < -0.39 is 0 Å². The Morgan fingerprint density at radius 2 is 1.89 bits per heavy atom. The van der Waals surface area contributed by atoms with E-state index in [4.69, 9.17) is 22.7 Å². The first-order valence-corrected chi connectivity index (χ1v) is 6.73. The van der Waals surface area contributed by atoms with Crippen molar-refractivity contribution in [2.45, 2.75) is 20.3 Å². The van der Waals surface area contributed by atoms with E-state index in [0.29, 0.717) is 37.7 Å². The summed E-state index contributed by atoms with van der Waals surface area (Å²) in [5.41, 5.74) is 5.49. The second kappa shape index (κ2) is 10.2. The number of amides is 1. The van der Waals surface area contributed by atoms with Gasteiger partial charge in [0, 0.05) is 39.7 Å². The molecule has 0 unspecified atom stereocenters. The predicted octanol–water partition coefficient (Wildman–Crippen LogP) is 0.479. The number of hydrogen-bond donors (Lipinski definition) is 1. The van der Waals surface area contributed by atoms with Crippen LogP contribution in [-0.4, -0.2) is 67.1 Å². The zero-order valence-corrected chi connectivity index (χ0v) is 12.5. The fourth-order valence-corrected chi connectivity index (χ4v) is 1.72. The summed E-state index contributed by atoms with van der Waals surface area (Å²) < 4.78 is 5.04. The second-order valence-corrected chi connectivity index (χ2v) is 4.58. The lowest BCUT2D eigenvalue weighted by Gasteiger charge is -2.25. The van der Waals surface area contributed by atoms with Gasteiger partial charge in [0.25, 0.3) is 0 Å². The first-order chi connectivity index (χ1) is 8.54. The van der Waals surface area contributed by atoms with Gasteiger partial charge in [0.2, 0.25) is 5.91 Å². The molecular weight excluding hydrogens is 250 g/mol. The highest BCUT2D eigenvalue weighted by atomic mass is 32.1. The maximum Gasteiger partial charge on any atom is 0.236 e. The van der Waals surface area contributed by atoms with Crippen LogP contribution >= 0.6 is 12.2 Å². The summed E-state index contributed by atoms with van der Waals surface area (Å²) in [6.45, 7) is 7.85. The molecule has 2 N–H and O–H groups in total. The van der Waals surface area contributed by atoms with Crippen LogP contribution in [0.25, 0.3) is 0 Å². The minimum absolute atomic E-state index is 0.138. The van der Waals surface area contributed by atoms with Crippen LogP contribution in [-0.2, 0) is 9.53 Å². The second-order valence-electron chi connectivity index (χ2n) is 4.05. The molecule has 0 atom stereocenters. The summed E-state index contributed by atoms with van der Waals surface area (Å²) in [5.74, 6) is 0.138. The quantitative estimate of drug-likeness (QED) is 0.588. The summed E-state index contributed by atoms with van der Waals surface area (Å²) in [7, 11) is 1.65. The van der Waals surface area contributed by atoms with Gasteiger partial charge in [-0.25, -0.2) is 0 Å². The van der Waals surface area contributed by atoms with Crippen LogP contribution in [0.2, 0.25) is 0 Å². The van der Waals surface area contributed by atoms with Gasteiger partial charge < -0.3 is 15.4 Å². The largest absolute Gasteiger partial charge is 0.393 e. The molecule has 0 radical (unpaired) electrons. The van der Waals surface area contributed by atoms with Gasteiger partial charge in [0.05, 0.1) is 18.1 Å². The molecule has 0 aromatic heterocycles. The van der Waals surface area contributed by atoms with Crippen molar-refractivity contribution < 1.29 is 9.53 Å². The molecule has 0 rings (SSSR count). The Balaban J connectivity index is 4.27. The molecule has 0 aromatic carbocycles. The Morgan fingerprint density at radius 1 is 1.28 bits per heavy atom. The predicted molar refractivity (Wildman–Crippen MR) is 77.6 cm³/mol. The molecule has 18 heavy (non-hydrogen) atoms. The molecule has 0 aliphatic carbocycles. The van der Waals surface area contributed by atoms with Crippen molar-refractivity contribution in [1.82, 2.24) is 9.80 Å². The number of methoxy groups -OCH3 is 1. The summed E-state index contributed by atoms with van der Waals surface area (Å²) in [6, 6.07) is 0. The normalized spacial score (nSPS) is 10.7. The third-order valence-corrected chi connectivity index (χ3v) is 2.97. The Labute approximate surface area is 115 Å². The SMILES string of the molecule is CCN(CC)C(=O)CN(CCOC)CCC(N)=S. The fraction of sp³-hybridized carbons (Fsp3) is 0.833. The zero-order chi connectivity index (χ0) is 14.0. The Morgan fingerprint density at radius 3 is 2.33 bits per heavy atom. The van der Waals surface area contributed by atoms with Crippen LogP contribution in [0.1, 0.15) is 20.3 Å². The van der Waals surface area contributed by atoms with Crippen LogP contribution in [0.4, 0.5) is 0 Å². The average Bonchev–Trinajstić information content (AvgIpc) is 2.34. The van der Waals surface area contributed by atoms with Crippen LogP contribution in [0.15, 0.2) is 0 Å². The number of carbonyl (C=O) groups excluding carboxylic acids is 1. The Bertz CT molecular complexity index is 258. The lowest BCUT2D eigenvalue weighted by Crippen LogP contribution is -2.42. The monoisotopic (exact) mass is 275 g/mol. The first-order valence-electron chi connectivity index (χ1n) is 6.32. The third kappa shape index (κ3) is 7.58. The zero-order valence-electron chi connectivity index (χ0n) is 11.6. The molecule has 0 saturated heterocycles. The van der Waals surface area contributed by atoms with Crippen LogP contribution in [0.3, 0.4) is 0 Å². The van der Waals surface area contributed by atoms with E-state index in [9.17, 15) is 4.79 Å². The number of nitrogens with two attached hydrogens (primary N) is 1. The third-order valence-electron chi connectivity index (χ3n) is 2.76. The van der Waals surface area contributed by atoms with Crippen molar-refractivity contribution in [1.29, 1.82) is 0 Å². The molecule has 106 valence electrons. The van der Waals surface area contributed by atoms with Crippen LogP contribution in [0, 0.1) is 0 Å². The standard InChI is InChI=1S/C12H25N3O2S/c1-4-15(5-2)12(16)10-14(8-9-17-3)7-6-11(13)18/h4-10H2,1-3H3,(H2,13,18). The highest BCUT2D eigenvalue weighted by Crippen LogP contribution is 1.97. The summed E-state index contributed by atoms with van der Waals surface area (Å²) in [4.78, 5) is 16.3. The van der Waals surface area contributed by atoms with Crippen molar-refractivity contribution in [3.8, 4) is 0 Å². The maximum atomic E-state index is 12.0. The Hall–Kier alpha value is -0.720. The molecular formula is C12H25N3O2S. The van der Waals surface area contributed by atoms with Crippen LogP contribution in [0.5, 0.6) is 0 Å². The van der Waals surface area contributed by atoms with Gasteiger partial charge in [-0.05, 0) is 13.8 Å². The molecule has 0 bridgehead atoms. The summed E-state index contributed by atoms with van der Waals surface area (Å²) >= 11 is 4.86. The summed E-state index contributed by atoms with van der Waals surface area (Å²) in [5, 5.41) is 0. The molecule has 6 heteroatoms. The highest BCUT2D eigenvalue weighted by Gasteiger charge is 2.14. The summed E-state index contributed by atoms with van der Waals surface area (Å²) in [6.07, 6.45) is 0.630. The minimum Gasteiger partial charge on any atom is -0.393 e. The molecule has 0 aliphatic rings. The fourth-order valence-electron chi connectivity index (χ4n) is 1.63. The smallest absolute Gasteiger partial charge is 0.236 e. The van der Waals surface area contributed by atoms with E-state index in [-0.39, 0.29) is 5.91 Å². The van der Waals surface area contributed by atoms with Crippen molar-refractivity contribution in [2.75, 3.05) is 46.4 Å². The maximum absolute atomic E-state index is 12.0. The van der Waals surface area contributed by atoms with Crippen molar-refractivity contribution >= 4 is 23.1 Å². The van der Waals surface area contributed by atoms with Crippen molar-refractivity contribution in [3.63, 3.8) is 0 Å². The van der Waals surface area contributed by atoms with Gasteiger partial charge in [0.15, 0.2) is 0 Å². The van der Waals surface area contributed by atoms with E-state index in [2.05, 4.69) is 0 Å². The number of hydrogen-bond acceptors (Lipinski definition) is 4. The first kappa shape index (κ1) is 17.3. The van der Waals surface area contributed by atoms with Gasteiger partial charge in [-0.15, -0.1) is 0 Å². The van der Waals surface area contributed by atoms with Crippen molar-refractivity contribution in [3.05, 3.63) is 0 Å². The van der Waals surface area contributed by atoms with Gasteiger partial charge in [-0.3, -0.25) is 9.69 Å². The van der Waals surface area contributed by atoms with E-state index in [0.717, 1.165) is 13.1 Å². The lowest BCUT2D eigenvalue weighted by molar-refractivity contribution is -0.132. The number of thiocarbonyl (C=S) groups is 1. The molecule has 0 spiro atoms. The van der Waals surface area contributed by atoms with Gasteiger partial charge in [-0.1, -0.05) is 12.2 Å². The number of rotatable bonds is 10. The van der Waals surface area contributed by atoms with Gasteiger partial charge >= 0.3 is 0 Å². The highest BCUT2D eigenvalue weighted by molar-refractivity contribution is 7.80. The topological polar surface area (TPSA) is 58.8 Å². The van der Waals surface area contributed by atoms with Gasteiger partial charge in [0.1, 0.15) is 0 Å². The molecule has 0 aliphatic heterocycles.